The van der Waals surface area contributed by atoms with Gasteiger partial charge in [0.1, 0.15) is 33.1 Å². The number of fused-ring (bicyclic) bond motifs is 20. The summed E-state index contributed by atoms with van der Waals surface area (Å²) in [6.45, 7) is 0. The van der Waals surface area contributed by atoms with E-state index < -0.39 is 0 Å². The zero-order valence-electron chi connectivity index (χ0n) is 63.4. The van der Waals surface area contributed by atoms with Gasteiger partial charge in [0.25, 0.3) is 0 Å². The first-order valence-corrected chi connectivity index (χ1v) is 42.3. The molecular weight excluding hydrogens is 1550 g/mol. The van der Waals surface area contributed by atoms with E-state index in [0.29, 0.717) is 11.1 Å². The van der Waals surface area contributed by atoms with E-state index in [-0.39, 0.29) is 5.92 Å². The van der Waals surface area contributed by atoms with Crippen molar-refractivity contribution in [1.82, 2.24) is 71.1 Å². The number of hydrogen-bond acceptors (Lipinski definition) is 19. The lowest BCUT2D eigenvalue weighted by molar-refractivity contribution is 0.829. The van der Waals surface area contributed by atoms with Gasteiger partial charge < -0.3 is 0 Å². The SMILES string of the molecule is C1=CC2Sc3c(-c4ccccc4)nc(-c4ccc(-c5nc6ccccc6c6c5ccc5nsnc56)cc4)nc3C2C=C1.c1ccc(-c2nc(-c3ccc(-c4nc5ccccc5c5c4ccc4nsnc45)cc3)c3ccccc3n2)cc1.c1ccc(-c2nc(-c3ccc(-c4nc5ccccc5c5c4ccc4nsnc45)cc3)nc3ccccc23)cc1. The molecule has 25 rings (SSSR count). The Morgan fingerprint density at radius 3 is 0.892 bits per heavy atom. The molecule has 23 aromatic rings. The maximum Gasteiger partial charge on any atom is 0.160 e. The molecule has 14 aromatic carbocycles. The molecule has 15 nitrogen and oxygen atoms in total. The summed E-state index contributed by atoms with van der Waals surface area (Å²) in [6.07, 6.45) is 8.81. The number of rotatable bonds is 9. The largest absolute Gasteiger partial charge is 0.247 e. The van der Waals surface area contributed by atoms with Gasteiger partial charge in [0.05, 0.1) is 108 Å². The second kappa shape index (κ2) is 29.7. The van der Waals surface area contributed by atoms with Crippen molar-refractivity contribution in [2.24, 2.45) is 0 Å². The Balaban J connectivity index is 0.000000105. The van der Waals surface area contributed by atoms with Gasteiger partial charge in [-0.3, -0.25) is 0 Å². The molecule has 2 aliphatic rings. The third-order valence-electron chi connectivity index (χ3n) is 22.4. The molecule has 1 aliphatic carbocycles. The van der Waals surface area contributed by atoms with Crippen LogP contribution in [-0.2, 0) is 0 Å². The normalized spacial score (nSPS) is 13.6. The summed E-state index contributed by atoms with van der Waals surface area (Å²) in [4.78, 5) is 46.6. The summed E-state index contributed by atoms with van der Waals surface area (Å²) in [5.41, 5.74) is 26.2. The fourth-order valence-corrected chi connectivity index (χ4v) is 19.7. The first-order valence-electron chi connectivity index (χ1n) is 39.3. The standard InChI is InChI=1S/C35H21N5S2.2C33H19N5S/c1-2-8-20(9-3-1)31-34-32(24-11-5-7-13-28(24)41-34)38-35(37-31)22-16-14-21(15-17-22)30-25-18-19-27-33(40-42-39-27)29(25)23-10-4-6-12-26(23)36-30;1-2-8-22(9-3-1)33-35-27-13-7-5-11-24(27)30(36-33)20-14-16-21(17-15-20)31-25-18-19-28-32(38-39-37-28)29(25)23-10-4-6-12-26(23)34-31;1-2-8-20(9-3-1)30-24-11-5-7-13-27(24)35-33(36-30)22-16-14-21(15-17-22)31-25-18-19-28-32(38-39-37-28)29(25)23-10-4-6-12-26(23)34-31/h1-19,24,28H;2*1-19H. The molecule has 0 spiro atoms. The van der Waals surface area contributed by atoms with Gasteiger partial charge in [-0.05, 0) is 66.7 Å². The summed E-state index contributed by atoms with van der Waals surface area (Å²) in [6, 6.07) is 110. The summed E-state index contributed by atoms with van der Waals surface area (Å²) in [5.74, 6) is 2.42. The molecule has 562 valence electrons. The third kappa shape index (κ3) is 12.4. The Labute approximate surface area is 702 Å². The Kier molecular flexibility index (Phi) is 17.5. The number of aromatic nitrogens is 15. The van der Waals surface area contributed by atoms with Crippen LogP contribution in [0.15, 0.2) is 351 Å². The number of nitrogens with zero attached hydrogens (tertiary/aromatic N) is 15. The van der Waals surface area contributed by atoms with E-state index >= 15 is 0 Å². The van der Waals surface area contributed by atoms with Crippen LogP contribution in [0.2, 0.25) is 0 Å². The molecule has 10 heterocycles. The van der Waals surface area contributed by atoms with Crippen molar-refractivity contribution in [3.63, 3.8) is 0 Å². The van der Waals surface area contributed by atoms with Crippen LogP contribution in [0.3, 0.4) is 0 Å². The highest BCUT2D eigenvalue weighted by atomic mass is 32.2. The lowest BCUT2D eigenvalue weighted by Crippen LogP contribution is -2.09. The van der Waals surface area contributed by atoms with Crippen LogP contribution in [0.4, 0.5) is 0 Å². The van der Waals surface area contributed by atoms with E-state index in [1.807, 2.05) is 151 Å². The topological polar surface area (TPSA) is 193 Å². The number of allylic oxidation sites excluding steroid dienone is 3. The average molecular weight is 1610 g/mol. The van der Waals surface area contributed by atoms with Gasteiger partial charge in [-0.25, -0.2) is 44.9 Å². The van der Waals surface area contributed by atoms with Gasteiger partial charge in [-0.1, -0.05) is 279 Å². The van der Waals surface area contributed by atoms with Crippen molar-refractivity contribution in [3.05, 3.63) is 352 Å². The minimum absolute atomic E-state index is 0.253. The van der Waals surface area contributed by atoms with Crippen molar-refractivity contribution in [3.8, 4) is 102 Å². The lowest BCUT2D eigenvalue weighted by atomic mass is 9.95. The lowest BCUT2D eigenvalue weighted by Gasteiger charge is -2.14. The minimum Gasteiger partial charge on any atom is -0.247 e. The molecule has 0 N–H and O–H groups in total. The molecule has 0 amide bonds. The number of para-hydroxylation sites is 5. The molecule has 0 saturated heterocycles. The van der Waals surface area contributed by atoms with E-state index in [1.165, 1.54) is 40.1 Å². The van der Waals surface area contributed by atoms with Gasteiger partial charge >= 0.3 is 0 Å². The molecule has 2 atom stereocenters. The minimum atomic E-state index is 0.253. The molecule has 9 aromatic heterocycles. The maximum atomic E-state index is 5.17. The van der Waals surface area contributed by atoms with E-state index in [0.717, 1.165) is 222 Å². The van der Waals surface area contributed by atoms with Gasteiger partial charge in [0.2, 0.25) is 0 Å². The Hall–Kier alpha value is -14.9. The van der Waals surface area contributed by atoms with Crippen molar-refractivity contribution in [2.45, 2.75) is 16.1 Å². The van der Waals surface area contributed by atoms with E-state index in [1.54, 1.807) is 0 Å². The van der Waals surface area contributed by atoms with Crippen LogP contribution in [0, 0.1) is 0 Å². The zero-order valence-corrected chi connectivity index (χ0v) is 66.7. The average Bonchev–Trinajstić information content (AvgIpc) is 1.20. The molecule has 0 fully saturated rings. The van der Waals surface area contributed by atoms with Crippen LogP contribution in [-0.4, -0.2) is 76.3 Å². The summed E-state index contributed by atoms with van der Waals surface area (Å²) in [5, 5.41) is 12.2. The summed E-state index contributed by atoms with van der Waals surface area (Å²) in [7, 11) is 0. The second-order valence-corrected chi connectivity index (χ2v) is 32.2. The molecule has 2 unspecified atom stereocenters. The highest BCUT2D eigenvalue weighted by Crippen LogP contribution is 2.52. The highest BCUT2D eigenvalue weighted by Gasteiger charge is 2.36. The van der Waals surface area contributed by atoms with Crippen LogP contribution >= 0.6 is 46.9 Å². The Morgan fingerprint density at radius 2 is 0.492 bits per heavy atom. The third-order valence-corrected chi connectivity index (χ3v) is 25.4. The van der Waals surface area contributed by atoms with E-state index in [4.69, 9.17) is 44.9 Å². The summed E-state index contributed by atoms with van der Waals surface area (Å²) >= 11 is 5.61. The number of pyridine rings is 3. The highest BCUT2D eigenvalue weighted by molar-refractivity contribution is 8.00. The number of thioether (sulfide) groups is 1. The fraction of sp³-hybridized carbons (Fsp3) is 0.0198. The van der Waals surface area contributed by atoms with Crippen LogP contribution in [0.5, 0.6) is 0 Å². The predicted octanol–water partition coefficient (Wildman–Crippen LogP) is 25.5. The molecule has 1 aliphatic heterocycles. The van der Waals surface area contributed by atoms with Crippen molar-refractivity contribution < 1.29 is 0 Å². The molecule has 120 heavy (non-hydrogen) atoms. The van der Waals surface area contributed by atoms with Gasteiger partial charge in [0, 0.05) is 120 Å². The molecule has 0 radical (unpaired) electrons. The second-order valence-electron chi connectivity index (χ2n) is 29.4. The molecular formula is C101H59N15S4. The maximum absolute atomic E-state index is 5.17. The number of hydrogen-bond donors (Lipinski definition) is 0. The summed E-state index contributed by atoms with van der Waals surface area (Å²) < 4.78 is 27.4. The zero-order chi connectivity index (χ0) is 79.1. The first-order chi connectivity index (χ1) is 59.5. The quantitative estimate of drug-likeness (QED) is 0.124. The smallest absolute Gasteiger partial charge is 0.160 e. The van der Waals surface area contributed by atoms with Crippen LogP contribution in [0.25, 0.3) is 222 Å². The van der Waals surface area contributed by atoms with Gasteiger partial charge in [-0.15, -0.1) is 11.8 Å². The van der Waals surface area contributed by atoms with E-state index in [9.17, 15) is 0 Å². The monoisotopic (exact) mass is 1610 g/mol. The van der Waals surface area contributed by atoms with Crippen molar-refractivity contribution >= 4 is 167 Å². The van der Waals surface area contributed by atoms with E-state index in [2.05, 4.69) is 233 Å². The Bertz CT molecular complexity index is 8080. The fourth-order valence-electron chi connectivity index (χ4n) is 16.7. The predicted molar refractivity (Wildman–Crippen MR) is 492 cm³/mol. The number of benzene rings is 14. The van der Waals surface area contributed by atoms with Crippen LogP contribution < -0.4 is 0 Å². The van der Waals surface area contributed by atoms with Gasteiger partial charge in [0.15, 0.2) is 17.5 Å². The van der Waals surface area contributed by atoms with Crippen molar-refractivity contribution in [2.75, 3.05) is 0 Å². The molecule has 19 heteroatoms. The van der Waals surface area contributed by atoms with Crippen molar-refractivity contribution in [1.29, 1.82) is 0 Å². The Morgan fingerprint density at radius 1 is 0.200 bits per heavy atom. The molecule has 0 saturated carbocycles. The first kappa shape index (κ1) is 70.5. The van der Waals surface area contributed by atoms with Crippen LogP contribution in [0.1, 0.15) is 11.6 Å². The molecule has 0 bridgehead atoms. The van der Waals surface area contributed by atoms with Gasteiger partial charge in [-0.2, -0.15) is 26.2 Å².